The van der Waals surface area contributed by atoms with Crippen LogP contribution in [0, 0.1) is 10.1 Å². The number of nitro benzene ring substituents is 1. The average molecular weight is 445 g/mol. The first-order valence-corrected chi connectivity index (χ1v) is 9.90. The number of carbonyl (C=O) groups is 1. The minimum atomic E-state index is -3.91. The Labute approximate surface area is 158 Å². The summed E-state index contributed by atoms with van der Waals surface area (Å²) in [6.07, 6.45) is 1.78. The molecule has 0 saturated carbocycles. The monoisotopic (exact) mass is 444 g/mol. The molecular formula is C15H17BrN4O5S. The summed E-state index contributed by atoms with van der Waals surface area (Å²) in [5.41, 5.74) is 0.146. The Morgan fingerprint density at radius 3 is 2.69 bits per heavy atom. The fourth-order valence-electron chi connectivity index (χ4n) is 2.23. The Hall–Kier alpha value is -2.24. The average Bonchev–Trinajstić information content (AvgIpc) is 2.99. The van der Waals surface area contributed by atoms with Crippen LogP contribution in [0.3, 0.4) is 0 Å². The highest BCUT2D eigenvalue weighted by atomic mass is 79.9. The zero-order chi connectivity index (χ0) is 19.3. The maximum Gasteiger partial charge on any atom is 0.270 e. The summed E-state index contributed by atoms with van der Waals surface area (Å²) in [6.45, 7) is 2.54. The van der Waals surface area contributed by atoms with Gasteiger partial charge in [-0.2, -0.15) is 0 Å². The van der Waals surface area contributed by atoms with E-state index in [-0.39, 0.29) is 29.6 Å². The summed E-state index contributed by atoms with van der Waals surface area (Å²) >= 11 is 3.30. The van der Waals surface area contributed by atoms with Crippen molar-refractivity contribution in [1.29, 1.82) is 0 Å². The molecule has 0 atom stereocenters. The molecule has 26 heavy (non-hydrogen) atoms. The molecule has 1 amide bonds. The molecule has 0 fully saturated rings. The Morgan fingerprint density at radius 2 is 2.04 bits per heavy atom. The van der Waals surface area contributed by atoms with Crippen molar-refractivity contribution >= 4 is 37.5 Å². The van der Waals surface area contributed by atoms with Crippen LogP contribution in [0.25, 0.3) is 0 Å². The molecule has 0 aliphatic heterocycles. The number of halogens is 1. The number of rotatable bonds is 8. The number of nitrogens with one attached hydrogen (secondary N) is 2. The van der Waals surface area contributed by atoms with Crippen LogP contribution in [0.5, 0.6) is 0 Å². The number of benzene rings is 1. The number of nitrogens with zero attached hydrogens (tertiary/aromatic N) is 2. The first-order chi connectivity index (χ1) is 12.2. The van der Waals surface area contributed by atoms with Crippen LogP contribution >= 0.6 is 15.9 Å². The zero-order valence-electron chi connectivity index (χ0n) is 13.8. The third-order valence-electron chi connectivity index (χ3n) is 3.48. The van der Waals surface area contributed by atoms with Crippen molar-refractivity contribution in [3.8, 4) is 0 Å². The van der Waals surface area contributed by atoms with Crippen LogP contribution in [-0.4, -0.2) is 36.9 Å². The molecule has 1 heterocycles. The van der Waals surface area contributed by atoms with Crippen molar-refractivity contribution < 1.29 is 18.1 Å². The van der Waals surface area contributed by atoms with Gasteiger partial charge in [0.1, 0.15) is 5.69 Å². The summed E-state index contributed by atoms with van der Waals surface area (Å²) in [5, 5.41) is 13.4. The van der Waals surface area contributed by atoms with Gasteiger partial charge in [0, 0.05) is 42.4 Å². The second-order valence-electron chi connectivity index (χ2n) is 5.24. The quantitative estimate of drug-likeness (QED) is 0.365. The number of amides is 1. The lowest BCUT2D eigenvalue weighted by atomic mass is 10.3. The van der Waals surface area contributed by atoms with Gasteiger partial charge >= 0.3 is 0 Å². The van der Waals surface area contributed by atoms with Crippen molar-refractivity contribution in [3.05, 3.63) is 56.8 Å². The Kier molecular flexibility index (Phi) is 6.51. The van der Waals surface area contributed by atoms with Crippen LogP contribution in [-0.2, 0) is 16.6 Å². The smallest absolute Gasteiger partial charge is 0.270 e. The van der Waals surface area contributed by atoms with Crippen LogP contribution in [0.1, 0.15) is 17.4 Å². The topological polar surface area (TPSA) is 123 Å². The Bertz CT molecular complexity index is 926. The lowest BCUT2D eigenvalue weighted by Crippen LogP contribution is -2.35. The number of nitro groups is 1. The predicted molar refractivity (Wildman–Crippen MR) is 98.4 cm³/mol. The molecule has 0 unspecified atom stereocenters. The Morgan fingerprint density at radius 1 is 1.31 bits per heavy atom. The standard InChI is InChI=1S/C15H17BrN4O5S/c1-2-19-10-11(16)8-14(19)15(21)17-6-7-18-26(24,25)13-5-3-4-12(9-13)20(22)23/h3-5,8-10,18H,2,6-7H2,1H3,(H,17,21). The highest BCUT2D eigenvalue weighted by molar-refractivity contribution is 9.10. The van der Waals surface area contributed by atoms with Gasteiger partial charge in [-0.3, -0.25) is 14.9 Å². The van der Waals surface area contributed by atoms with Gasteiger partial charge in [0.05, 0.1) is 9.82 Å². The van der Waals surface area contributed by atoms with E-state index in [1.165, 1.54) is 18.2 Å². The van der Waals surface area contributed by atoms with Gasteiger partial charge < -0.3 is 9.88 Å². The van der Waals surface area contributed by atoms with E-state index >= 15 is 0 Å². The molecule has 140 valence electrons. The van der Waals surface area contributed by atoms with Crippen LogP contribution in [0.4, 0.5) is 5.69 Å². The first-order valence-electron chi connectivity index (χ1n) is 7.62. The van der Waals surface area contributed by atoms with E-state index in [2.05, 4.69) is 26.0 Å². The summed E-state index contributed by atoms with van der Waals surface area (Å²) in [7, 11) is -3.91. The molecule has 0 radical (unpaired) electrons. The number of hydrogen-bond acceptors (Lipinski definition) is 5. The lowest BCUT2D eigenvalue weighted by molar-refractivity contribution is -0.385. The normalized spacial score (nSPS) is 11.3. The molecule has 0 bridgehead atoms. The molecule has 0 saturated heterocycles. The maximum atomic E-state index is 12.2. The van der Waals surface area contributed by atoms with Gasteiger partial charge in [0.2, 0.25) is 10.0 Å². The van der Waals surface area contributed by atoms with Gasteiger partial charge in [-0.05, 0) is 35.0 Å². The second-order valence-corrected chi connectivity index (χ2v) is 7.92. The van der Waals surface area contributed by atoms with E-state index in [1.807, 2.05) is 6.92 Å². The fraction of sp³-hybridized carbons (Fsp3) is 0.267. The molecule has 0 aliphatic carbocycles. The molecule has 2 rings (SSSR count). The third-order valence-corrected chi connectivity index (χ3v) is 5.37. The number of carbonyl (C=O) groups excluding carboxylic acids is 1. The van der Waals surface area contributed by atoms with Crippen molar-refractivity contribution in [1.82, 2.24) is 14.6 Å². The molecule has 2 N–H and O–H groups in total. The Balaban J connectivity index is 1.93. The van der Waals surface area contributed by atoms with Crippen LogP contribution < -0.4 is 10.0 Å². The molecular weight excluding hydrogens is 428 g/mol. The molecule has 1 aromatic heterocycles. The summed E-state index contributed by atoms with van der Waals surface area (Å²) in [5.74, 6) is -0.327. The highest BCUT2D eigenvalue weighted by Crippen LogP contribution is 2.17. The fourth-order valence-corrected chi connectivity index (χ4v) is 3.76. The van der Waals surface area contributed by atoms with E-state index in [4.69, 9.17) is 0 Å². The summed E-state index contributed by atoms with van der Waals surface area (Å²) in [6, 6.07) is 6.42. The van der Waals surface area contributed by atoms with Crippen molar-refractivity contribution in [2.75, 3.05) is 13.1 Å². The molecule has 11 heteroatoms. The van der Waals surface area contributed by atoms with Gasteiger partial charge in [0.25, 0.3) is 11.6 Å². The first kappa shape index (κ1) is 20.1. The van der Waals surface area contributed by atoms with Crippen molar-refractivity contribution in [2.45, 2.75) is 18.4 Å². The number of sulfonamides is 1. The number of aromatic nitrogens is 1. The van der Waals surface area contributed by atoms with E-state index in [1.54, 1.807) is 16.8 Å². The van der Waals surface area contributed by atoms with E-state index < -0.39 is 14.9 Å². The molecule has 2 aromatic rings. The predicted octanol–water partition coefficient (Wildman–Crippen LogP) is 1.89. The van der Waals surface area contributed by atoms with Crippen molar-refractivity contribution in [3.63, 3.8) is 0 Å². The van der Waals surface area contributed by atoms with Crippen LogP contribution in [0.2, 0.25) is 0 Å². The van der Waals surface area contributed by atoms with Gasteiger partial charge in [-0.15, -0.1) is 0 Å². The van der Waals surface area contributed by atoms with Crippen molar-refractivity contribution in [2.24, 2.45) is 0 Å². The SMILES string of the molecule is CCn1cc(Br)cc1C(=O)NCCNS(=O)(=O)c1cccc([N+](=O)[O-])c1. The second kappa shape index (κ2) is 8.43. The van der Waals surface area contributed by atoms with E-state index in [0.717, 1.165) is 10.5 Å². The third kappa shape index (κ3) is 4.90. The maximum absolute atomic E-state index is 12.2. The largest absolute Gasteiger partial charge is 0.349 e. The summed E-state index contributed by atoms with van der Waals surface area (Å²) < 4.78 is 29.2. The van der Waals surface area contributed by atoms with Gasteiger partial charge in [0.15, 0.2) is 0 Å². The van der Waals surface area contributed by atoms with Gasteiger partial charge in [-0.25, -0.2) is 13.1 Å². The van der Waals surface area contributed by atoms with E-state index in [0.29, 0.717) is 12.2 Å². The summed E-state index contributed by atoms with van der Waals surface area (Å²) in [4.78, 5) is 22.0. The van der Waals surface area contributed by atoms with E-state index in [9.17, 15) is 23.3 Å². The number of aryl methyl sites for hydroxylation is 1. The molecule has 0 aliphatic rings. The van der Waals surface area contributed by atoms with Crippen LogP contribution in [0.15, 0.2) is 45.9 Å². The minimum absolute atomic E-state index is 0.0508. The molecule has 1 aromatic carbocycles. The number of hydrogen-bond donors (Lipinski definition) is 2. The molecule has 0 spiro atoms. The van der Waals surface area contributed by atoms with Gasteiger partial charge in [-0.1, -0.05) is 6.07 Å². The molecule has 9 nitrogen and oxygen atoms in total. The zero-order valence-corrected chi connectivity index (χ0v) is 16.2. The highest BCUT2D eigenvalue weighted by Gasteiger charge is 2.17. The lowest BCUT2D eigenvalue weighted by Gasteiger charge is -2.09. The number of non-ortho nitro benzene ring substituents is 1. The minimum Gasteiger partial charge on any atom is -0.349 e.